The minimum absolute atomic E-state index is 0.596. The highest BCUT2D eigenvalue weighted by Crippen LogP contribution is 2.41. The third kappa shape index (κ3) is 3.68. The number of rotatable bonds is 6. The molecular weight excluding hydrogens is 406 g/mol. The fourth-order valence-corrected chi connectivity index (χ4v) is 4.32. The third-order valence-corrected chi connectivity index (χ3v) is 5.89. The van der Waals surface area contributed by atoms with Crippen molar-refractivity contribution in [1.29, 1.82) is 0 Å². The van der Waals surface area contributed by atoms with E-state index in [2.05, 4.69) is 88.5 Å². The lowest BCUT2D eigenvalue weighted by Crippen LogP contribution is -2.36. The molecule has 0 aliphatic carbocycles. The molecule has 5 aromatic rings. The highest BCUT2D eigenvalue weighted by Gasteiger charge is 2.38. The van der Waals surface area contributed by atoms with E-state index in [-0.39, 0.29) is 0 Å². The Hall–Kier alpha value is -4.25. The topological polar surface area (TPSA) is 46.8 Å². The van der Waals surface area contributed by atoms with Crippen LogP contribution in [-0.2, 0) is 5.54 Å². The molecule has 0 fully saturated rings. The first-order valence-electron chi connectivity index (χ1n) is 10.9. The molecule has 0 unspecified atom stereocenters. The molecule has 0 N–H and O–H groups in total. The van der Waals surface area contributed by atoms with E-state index in [0.717, 1.165) is 33.9 Å². The van der Waals surface area contributed by atoms with Gasteiger partial charge >= 0.3 is 0 Å². The van der Waals surface area contributed by atoms with Crippen molar-refractivity contribution in [2.45, 2.75) is 5.54 Å². The van der Waals surface area contributed by atoms with Gasteiger partial charge in [0, 0.05) is 20.3 Å². The van der Waals surface area contributed by atoms with E-state index in [1.54, 1.807) is 12.4 Å². The minimum Gasteiger partial charge on any atom is -0.361 e. The van der Waals surface area contributed by atoms with Crippen LogP contribution in [0.4, 0.5) is 5.82 Å². The zero-order chi connectivity index (χ0) is 22.7. The van der Waals surface area contributed by atoms with Crippen molar-refractivity contribution in [2.75, 3.05) is 19.0 Å². The molecule has 33 heavy (non-hydrogen) atoms. The second-order valence-electron chi connectivity index (χ2n) is 8.13. The molecule has 5 rings (SSSR count). The summed E-state index contributed by atoms with van der Waals surface area (Å²) in [7, 11) is 3.91. The van der Waals surface area contributed by atoms with Crippen LogP contribution in [0.25, 0.3) is 11.4 Å². The Morgan fingerprint density at radius 3 is 1.67 bits per heavy atom. The fourth-order valence-electron chi connectivity index (χ4n) is 4.32. The SMILES string of the molecule is CN(C)c1cncc(-c2cn(C(c3ccccc3)(c3ccccc3)c3ccccc3)cn2)n1. The number of anilines is 1. The van der Waals surface area contributed by atoms with Gasteiger partial charge in [0.2, 0.25) is 0 Å². The normalized spacial score (nSPS) is 11.3. The maximum atomic E-state index is 4.77. The van der Waals surface area contributed by atoms with Gasteiger partial charge in [0.25, 0.3) is 0 Å². The van der Waals surface area contributed by atoms with E-state index in [9.17, 15) is 0 Å². The number of imidazole rings is 1. The molecule has 5 heteroatoms. The van der Waals surface area contributed by atoms with Crippen molar-refractivity contribution in [3.63, 3.8) is 0 Å². The first-order chi connectivity index (χ1) is 16.2. The lowest BCUT2D eigenvalue weighted by Gasteiger charge is -2.37. The molecular formula is C28H25N5. The summed E-state index contributed by atoms with van der Waals surface area (Å²) in [5.41, 5.74) is 4.38. The Morgan fingerprint density at radius 1 is 0.667 bits per heavy atom. The highest BCUT2D eigenvalue weighted by atomic mass is 15.2. The number of benzene rings is 3. The summed E-state index contributed by atoms with van der Waals surface area (Å²) < 4.78 is 2.19. The summed E-state index contributed by atoms with van der Waals surface area (Å²) in [6.07, 6.45) is 7.47. The number of hydrogen-bond donors (Lipinski definition) is 0. The van der Waals surface area contributed by atoms with Gasteiger partial charge in [0.05, 0.1) is 18.7 Å². The molecule has 0 saturated carbocycles. The van der Waals surface area contributed by atoms with Crippen LogP contribution in [0.3, 0.4) is 0 Å². The molecule has 2 heterocycles. The smallest absolute Gasteiger partial charge is 0.147 e. The summed E-state index contributed by atoms with van der Waals surface area (Å²) in [6.45, 7) is 0. The highest BCUT2D eigenvalue weighted by molar-refractivity contribution is 5.57. The maximum absolute atomic E-state index is 4.77. The minimum atomic E-state index is -0.596. The lowest BCUT2D eigenvalue weighted by molar-refractivity contribution is 0.515. The van der Waals surface area contributed by atoms with Crippen LogP contribution < -0.4 is 4.90 Å². The maximum Gasteiger partial charge on any atom is 0.147 e. The quantitative estimate of drug-likeness (QED) is 0.345. The van der Waals surface area contributed by atoms with Gasteiger partial charge in [-0.1, -0.05) is 91.0 Å². The Bertz CT molecular complexity index is 1230. The zero-order valence-corrected chi connectivity index (χ0v) is 18.7. The van der Waals surface area contributed by atoms with Crippen LogP contribution >= 0.6 is 0 Å². The molecule has 0 amide bonds. The van der Waals surface area contributed by atoms with Crippen molar-refractivity contribution in [3.8, 4) is 11.4 Å². The molecule has 0 saturated heterocycles. The molecule has 0 aliphatic rings. The van der Waals surface area contributed by atoms with Crippen molar-refractivity contribution in [1.82, 2.24) is 19.5 Å². The second kappa shape index (κ2) is 8.71. The van der Waals surface area contributed by atoms with Gasteiger partial charge in [0.15, 0.2) is 0 Å². The average molecular weight is 432 g/mol. The molecule has 0 spiro atoms. The summed E-state index contributed by atoms with van der Waals surface area (Å²) in [6, 6.07) is 31.7. The first kappa shape index (κ1) is 20.6. The van der Waals surface area contributed by atoms with Crippen molar-refractivity contribution >= 4 is 5.82 Å². The fraction of sp³-hybridized carbons (Fsp3) is 0.107. The van der Waals surface area contributed by atoms with E-state index in [0.29, 0.717) is 0 Å². The van der Waals surface area contributed by atoms with Crippen LogP contribution in [-0.4, -0.2) is 33.6 Å². The second-order valence-corrected chi connectivity index (χ2v) is 8.13. The van der Waals surface area contributed by atoms with E-state index >= 15 is 0 Å². The van der Waals surface area contributed by atoms with Crippen molar-refractivity contribution in [3.05, 3.63) is 133 Å². The van der Waals surface area contributed by atoms with Gasteiger partial charge in [-0.2, -0.15) is 0 Å². The Morgan fingerprint density at radius 2 is 1.18 bits per heavy atom. The van der Waals surface area contributed by atoms with Crippen molar-refractivity contribution in [2.24, 2.45) is 0 Å². The Balaban J connectivity index is 1.77. The third-order valence-electron chi connectivity index (χ3n) is 5.89. The molecule has 162 valence electrons. The summed E-state index contributed by atoms with van der Waals surface area (Å²) >= 11 is 0. The number of nitrogens with zero attached hydrogens (tertiary/aromatic N) is 5. The predicted octanol–water partition coefficient (Wildman–Crippen LogP) is 5.25. The summed E-state index contributed by atoms with van der Waals surface area (Å²) in [5, 5.41) is 0. The van der Waals surface area contributed by atoms with Gasteiger partial charge in [-0.05, 0) is 16.7 Å². The zero-order valence-electron chi connectivity index (χ0n) is 18.7. The number of aromatic nitrogens is 4. The Labute approximate surface area is 194 Å². The van der Waals surface area contributed by atoms with Crippen LogP contribution in [0, 0.1) is 0 Å². The van der Waals surface area contributed by atoms with Crippen molar-refractivity contribution < 1.29 is 0 Å². The van der Waals surface area contributed by atoms with Gasteiger partial charge < -0.3 is 9.47 Å². The molecule has 3 aromatic carbocycles. The van der Waals surface area contributed by atoms with Gasteiger partial charge in [-0.15, -0.1) is 0 Å². The van der Waals surface area contributed by atoms with Gasteiger partial charge in [-0.25, -0.2) is 9.97 Å². The molecule has 5 nitrogen and oxygen atoms in total. The van der Waals surface area contributed by atoms with Crippen LogP contribution in [0.5, 0.6) is 0 Å². The molecule has 2 aromatic heterocycles. The number of hydrogen-bond acceptors (Lipinski definition) is 4. The largest absolute Gasteiger partial charge is 0.361 e. The van der Waals surface area contributed by atoms with Crippen LogP contribution in [0.2, 0.25) is 0 Å². The average Bonchev–Trinajstić information content (AvgIpc) is 3.37. The van der Waals surface area contributed by atoms with E-state index in [1.165, 1.54) is 0 Å². The van der Waals surface area contributed by atoms with Gasteiger partial charge in [-0.3, -0.25) is 4.98 Å². The molecule has 0 aliphatic heterocycles. The van der Waals surface area contributed by atoms with E-state index in [1.807, 2.05) is 43.5 Å². The molecule has 0 bridgehead atoms. The monoisotopic (exact) mass is 431 g/mol. The van der Waals surface area contributed by atoms with Gasteiger partial charge in [0.1, 0.15) is 22.7 Å². The molecule has 0 radical (unpaired) electrons. The van der Waals surface area contributed by atoms with E-state index < -0.39 is 5.54 Å². The van der Waals surface area contributed by atoms with Crippen LogP contribution in [0.1, 0.15) is 16.7 Å². The standard InChI is InChI=1S/C28H25N5/c1-32(2)27-19-29-18-25(31-27)26-20-33(21-30-26)28(22-12-6-3-7-13-22,23-14-8-4-9-15-23)24-16-10-5-11-17-24/h3-21H,1-2H3. The summed E-state index contributed by atoms with van der Waals surface area (Å²) in [4.78, 5) is 15.8. The van der Waals surface area contributed by atoms with E-state index in [4.69, 9.17) is 9.97 Å². The molecule has 0 atom stereocenters. The lowest BCUT2D eigenvalue weighted by atomic mass is 9.77. The van der Waals surface area contributed by atoms with Crippen LogP contribution in [0.15, 0.2) is 116 Å². The summed E-state index contributed by atoms with van der Waals surface area (Å²) in [5.74, 6) is 0.794. The predicted molar refractivity (Wildman–Crippen MR) is 132 cm³/mol. The Kier molecular flexibility index (Phi) is 5.45. The first-order valence-corrected chi connectivity index (χ1v) is 10.9.